The second-order valence-electron chi connectivity index (χ2n) is 12.9. The zero-order chi connectivity index (χ0) is 34.2. The molecule has 3 atom stereocenters. The third kappa shape index (κ3) is 8.13. The van der Waals surface area contributed by atoms with Crippen molar-refractivity contribution < 1.29 is 45.4 Å². The van der Waals surface area contributed by atoms with Crippen LogP contribution in [-0.4, -0.2) is 63.9 Å². The number of cyclic esters (lactones) is 1. The van der Waals surface area contributed by atoms with E-state index in [1.165, 1.54) is 17.3 Å². The number of nitrogens with zero attached hydrogens (tertiary/aromatic N) is 5. The number of aromatic nitrogens is 2. The van der Waals surface area contributed by atoms with E-state index in [0.717, 1.165) is 0 Å². The highest BCUT2D eigenvalue weighted by atomic mass is 19.4. The largest absolute Gasteiger partial charge is 0.447 e. The third-order valence-electron chi connectivity index (χ3n) is 8.05. The van der Waals surface area contributed by atoms with Gasteiger partial charge in [-0.2, -0.15) is 26.3 Å². The molecule has 254 valence electrons. The van der Waals surface area contributed by atoms with Crippen LogP contribution in [0.5, 0.6) is 0 Å². The summed E-state index contributed by atoms with van der Waals surface area (Å²) in [5.41, 5.74) is -3.51. The Balaban J connectivity index is 1.78. The maximum atomic E-state index is 13.8. The first-order chi connectivity index (χ1) is 21.3. The van der Waals surface area contributed by atoms with Crippen molar-refractivity contribution in [3.05, 3.63) is 47.3 Å². The van der Waals surface area contributed by atoms with Gasteiger partial charge in [0.05, 0.1) is 35.8 Å². The highest BCUT2D eigenvalue weighted by Crippen LogP contribution is 2.39. The van der Waals surface area contributed by atoms with Gasteiger partial charge >= 0.3 is 24.5 Å². The Bertz CT molecular complexity index is 1360. The average molecular weight is 660 g/mol. The summed E-state index contributed by atoms with van der Waals surface area (Å²) in [5, 5.41) is 0. The Kier molecular flexibility index (Phi) is 10.0. The summed E-state index contributed by atoms with van der Waals surface area (Å²) in [6.45, 7) is 11.1. The first-order valence-electron chi connectivity index (χ1n) is 15.1. The summed E-state index contributed by atoms with van der Waals surface area (Å²) in [7, 11) is 0. The smallest absolute Gasteiger partial charge is 0.416 e. The van der Waals surface area contributed by atoms with E-state index in [1.807, 2.05) is 20.8 Å². The SMILES string of the molecule is CC[C@@H]1C[C@H](N(Cc2cc(C(F)(F)F)cc(C(F)(F)F)c2)c2ncc(N3CCOC3=O)cn2)C[C@H](C(C)C)N1C(=O)OC(C)(C)C. The maximum absolute atomic E-state index is 13.8. The van der Waals surface area contributed by atoms with Crippen molar-refractivity contribution in [2.24, 2.45) is 5.92 Å². The number of piperidine rings is 1. The molecule has 2 aromatic rings. The third-order valence-corrected chi connectivity index (χ3v) is 8.05. The normalized spacial score (nSPS) is 21.1. The summed E-state index contributed by atoms with van der Waals surface area (Å²) < 4.78 is 93.2. The second kappa shape index (κ2) is 13.1. The van der Waals surface area contributed by atoms with Crippen molar-refractivity contribution >= 4 is 23.8 Å². The highest BCUT2D eigenvalue weighted by Gasteiger charge is 2.44. The van der Waals surface area contributed by atoms with Crippen molar-refractivity contribution in [2.45, 2.75) is 103 Å². The van der Waals surface area contributed by atoms with E-state index in [0.29, 0.717) is 37.1 Å². The van der Waals surface area contributed by atoms with E-state index < -0.39 is 47.3 Å². The minimum absolute atomic E-state index is 0.0513. The van der Waals surface area contributed by atoms with Gasteiger partial charge < -0.3 is 19.3 Å². The summed E-state index contributed by atoms with van der Waals surface area (Å²) in [4.78, 5) is 38.9. The molecular weight excluding hydrogens is 620 g/mol. The zero-order valence-corrected chi connectivity index (χ0v) is 26.6. The molecule has 0 spiro atoms. The van der Waals surface area contributed by atoms with Crippen molar-refractivity contribution in [1.82, 2.24) is 14.9 Å². The molecule has 46 heavy (non-hydrogen) atoms. The number of hydrogen-bond donors (Lipinski definition) is 0. The van der Waals surface area contributed by atoms with Crippen LogP contribution in [0.2, 0.25) is 0 Å². The number of hydrogen-bond acceptors (Lipinski definition) is 7. The van der Waals surface area contributed by atoms with E-state index in [9.17, 15) is 35.9 Å². The fraction of sp³-hybridized carbons (Fsp3) is 0.613. The van der Waals surface area contributed by atoms with Gasteiger partial charge in [0.1, 0.15) is 12.2 Å². The molecule has 1 aromatic carbocycles. The number of ether oxygens (including phenoxy) is 2. The predicted octanol–water partition coefficient (Wildman–Crippen LogP) is 7.68. The molecule has 2 aliphatic heterocycles. The fourth-order valence-corrected chi connectivity index (χ4v) is 5.90. The molecule has 9 nitrogen and oxygen atoms in total. The van der Waals surface area contributed by atoms with Crippen LogP contribution in [0.4, 0.5) is 47.6 Å². The van der Waals surface area contributed by atoms with Crippen LogP contribution in [0.3, 0.4) is 0 Å². The molecule has 2 amide bonds. The topological polar surface area (TPSA) is 88.1 Å². The number of halogens is 6. The van der Waals surface area contributed by atoms with Crippen LogP contribution >= 0.6 is 0 Å². The Morgan fingerprint density at radius 3 is 2.07 bits per heavy atom. The molecule has 0 saturated carbocycles. The molecule has 1 aromatic heterocycles. The van der Waals surface area contributed by atoms with E-state index in [2.05, 4.69) is 9.97 Å². The molecule has 15 heteroatoms. The molecule has 2 aliphatic rings. The Morgan fingerprint density at radius 2 is 1.61 bits per heavy atom. The van der Waals surface area contributed by atoms with Crippen molar-refractivity contribution in [3.8, 4) is 0 Å². The number of anilines is 2. The van der Waals surface area contributed by atoms with Gasteiger partial charge in [0.15, 0.2) is 0 Å². The fourth-order valence-electron chi connectivity index (χ4n) is 5.90. The van der Waals surface area contributed by atoms with Gasteiger partial charge in [-0.25, -0.2) is 19.6 Å². The minimum Gasteiger partial charge on any atom is -0.447 e. The molecule has 3 heterocycles. The number of amides is 2. The standard InChI is InChI=1S/C31H39F6N5O4/c1-7-22-13-23(14-25(18(2)3)42(22)28(44)46-29(4,5)6)41(26-38-15-24(16-39-26)40-8-9-45-27(40)43)17-19-10-20(30(32,33)34)12-21(11-19)31(35,36)37/h10-12,15-16,18,22-23,25H,7-9,13-14,17H2,1-6H3/t22-,23+,25-/m1/s1. The van der Waals surface area contributed by atoms with Gasteiger partial charge in [-0.05, 0) is 69.7 Å². The average Bonchev–Trinajstić information content (AvgIpc) is 3.39. The Morgan fingerprint density at radius 1 is 1.02 bits per heavy atom. The Hall–Kier alpha value is -3.78. The summed E-state index contributed by atoms with van der Waals surface area (Å²) in [6.07, 6.45) is -7.22. The van der Waals surface area contributed by atoms with Crippen LogP contribution in [0.25, 0.3) is 0 Å². The van der Waals surface area contributed by atoms with Crippen LogP contribution in [0.1, 0.15) is 77.5 Å². The molecule has 0 N–H and O–H groups in total. The lowest BCUT2D eigenvalue weighted by Crippen LogP contribution is -2.59. The van der Waals surface area contributed by atoms with Crippen LogP contribution < -0.4 is 9.80 Å². The lowest BCUT2D eigenvalue weighted by molar-refractivity contribution is -0.143. The van der Waals surface area contributed by atoms with Crippen molar-refractivity contribution in [1.29, 1.82) is 0 Å². The van der Waals surface area contributed by atoms with Gasteiger partial charge in [0.25, 0.3) is 0 Å². The number of rotatable bonds is 7. The molecule has 0 radical (unpaired) electrons. The Labute approximate surface area is 263 Å². The molecule has 0 aliphatic carbocycles. The lowest BCUT2D eigenvalue weighted by Gasteiger charge is -2.49. The monoisotopic (exact) mass is 659 g/mol. The molecule has 2 fully saturated rings. The van der Waals surface area contributed by atoms with Gasteiger partial charge in [0.2, 0.25) is 5.95 Å². The van der Waals surface area contributed by atoms with Gasteiger partial charge in [0, 0.05) is 24.7 Å². The highest BCUT2D eigenvalue weighted by molar-refractivity contribution is 5.88. The minimum atomic E-state index is -5.02. The number of likely N-dealkylation sites (tertiary alicyclic amines) is 1. The van der Waals surface area contributed by atoms with E-state index in [4.69, 9.17) is 9.47 Å². The number of benzene rings is 1. The van der Waals surface area contributed by atoms with Gasteiger partial charge in [-0.3, -0.25) is 4.90 Å². The van der Waals surface area contributed by atoms with Crippen LogP contribution in [-0.2, 0) is 28.4 Å². The van der Waals surface area contributed by atoms with Gasteiger partial charge in [-0.15, -0.1) is 0 Å². The number of alkyl halides is 6. The molecular formula is C31H39F6N5O4. The summed E-state index contributed by atoms with van der Waals surface area (Å²) in [5.74, 6) is -0.0172. The summed E-state index contributed by atoms with van der Waals surface area (Å²) in [6, 6.07) is 0.285. The molecule has 2 saturated heterocycles. The maximum Gasteiger partial charge on any atom is 0.416 e. The molecule has 4 rings (SSSR count). The number of carbonyl (C=O) groups excluding carboxylic acids is 2. The van der Waals surface area contributed by atoms with Crippen LogP contribution in [0, 0.1) is 5.92 Å². The molecule has 0 bridgehead atoms. The van der Waals surface area contributed by atoms with E-state index in [1.54, 1.807) is 30.6 Å². The quantitative estimate of drug-likeness (QED) is 0.282. The lowest BCUT2D eigenvalue weighted by atomic mass is 9.84. The second-order valence-corrected chi connectivity index (χ2v) is 12.9. The van der Waals surface area contributed by atoms with Crippen molar-refractivity contribution in [2.75, 3.05) is 23.0 Å². The first-order valence-corrected chi connectivity index (χ1v) is 15.1. The number of carbonyl (C=O) groups is 2. The summed E-state index contributed by atoms with van der Waals surface area (Å²) >= 11 is 0. The zero-order valence-electron chi connectivity index (χ0n) is 26.6. The van der Waals surface area contributed by atoms with Crippen LogP contribution in [0.15, 0.2) is 30.6 Å². The first kappa shape index (κ1) is 35.1. The molecule has 0 unspecified atom stereocenters. The van der Waals surface area contributed by atoms with E-state index >= 15 is 0 Å². The van der Waals surface area contributed by atoms with E-state index in [-0.39, 0.29) is 55.3 Å². The predicted molar refractivity (Wildman–Crippen MR) is 157 cm³/mol. The van der Waals surface area contributed by atoms with Gasteiger partial charge in [-0.1, -0.05) is 20.8 Å². The van der Waals surface area contributed by atoms with Crippen molar-refractivity contribution in [3.63, 3.8) is 0 Å².